The van der Waals surface area contributed by atoms with Crippen molar-refractivity contribution in [2.75, 3.05) is 19.6 Å². The molecular weight excluding hydrogens is 230 g/mol. The molecule has 1 aromatic heterocycles. The predicted octanol–water partition coefficient (Wildman–Crippen LogP) is 2.67. The Bertz CT molecular complexity index is 306. The number of nitrogens with zero attached hydrogens (tertiary/aromatic N) is 2. The Morgan fingerprint density at radius 2 is 2.53 bits per heavy atom. The van der Waals surface area contributed by atoms with Gasteiger partial charge in [0.1, 0.15) is 0 Å². The number of hydrogen-bond donors (Lipinski definition) is 1. The maximum atomic E-state index is 4.47. The second-order valence-corrected chi connectivity index (χ2v) is 5.55. The largest absolute Gasteiger partial charge is 0.315 e. The van der Waals surface area contributed by atoms with Gasteiger partial charge in [0.15, 0.2) is 0 Å². The fourth-order valence-electron chi connectivity index (χ4n) is 2.67. The van der Waals surface area contributed by atoms with Crippen LogP contribution in [0.15, 0.2) is 10.9 Å². The Balaban J connectivity index is 2.04. The van der Waals surface area contributed by atoms with Crippen LogP contribution in [-0.4, -0.2) is 35.6 Å². The van der Waals surface area contributed by atoms with E-state index in [9.17, 15) is 0 Å². The lowest BCUT2D eigenvalue weighted by molar-refractivity contribution is 0.119. The molecule has 0 aromatic carbocycles. The van der Waals surface area contributed by atoms with Gasteiger partial charge < -0.3 is 5.32 Å². The first kappa shape index (κ1) is 13.0. The molecule has 1 aliphatic heterocycles. The fourth-order valence-corrected chi connectivity index (χ4v) is 3.31. The monoisotopic (exact) mass is 253 g/mol. The Hall–Kier alpha value is -0.450. The van der Waals surface area contributed by atoms with E-state index >= 15 is 0 Å². The van der Waals surface area contributed by atoms with Crippen molar-refractivity contribution in [2.45, 2.75) is 45.2 Å². The summed E-state index contributed by atoms with van der Waals surface area (Å²) < 4.78 is 0. The van der Waals surface area contributed by atoms with Gasteiger partial charge in [-0.3, -0.25) is 4.90 Å². The first-order chi connectivity index (χ1) is 8.33. The van der Waals surface area contributed by atoms with Gasteiger partial charge in [-0.15, -0.1) is 11.3 Å². The summed E-state index contributed by atoms with van der Waals surface area (Å²) in [5, 5.41) is 5.70. The van der Waals surface area contributed by atoms with Crippen molar-refractivity contribution in [1.29, 1.82) is 0 Å². The van der Waals surface area contributed by atoms with Crippen molar-refractivity contribution in [3.63, 3.8) is 0 Å². The van der Waals surface area contributed by atoms with Gasteiger partial charge in [-0.2, -0.15) is 0 Å². The van der Waals surface area contributed by atoms with Crippen LogP contribution >= 0.6 is 11.3 Å². The zero-order valence-corrected chi connectivity index (χ0v) is 11.7. The molecule has 1 aliphatic rings. The summed E-state index contributed by atoms with van der Waals surface area (Å²) in [6.07, 6.45) is 3.83. The lowest BCUT2D eigenvalue weighted by atomic mass is 10.0. The van der Waals surface area contributed by atoms with E-state index in [1.54, 1.807) is 11.3 Å². The van der Waals surface area contributed by atoms with Crippen molar-refractivity contribution >= 4 is 11.3 Å². The number of hydrogen-bond acceptors (Lipinski definition) is 4. The maximum Gasteiger partial charge on any atom is 0.0795 e. The number of rotatable bonds is 5. The topological polar surface area (TPSA) is 28.2 Å². The average Bonchev–Trinajstić information content (AvgIpc) is 2.90. The lowest BCUT2D eigenvalue weighted by Gasteiger charge is -2.38. The predicted molar refractivity (Wildman–Crippen MR) is 73.4 cm³/mol. The molecule has 1 N–H and O–H groups in total. The number of piperidine rings is 1. The molecule has 1 fully saturated rings. The van der Waals surface area contributed by atoms with Crippen LogP contribution in [0.3, 0.4) is 0 Å². The molecule has 2 unspecified atom stereocenters. The van der Waals surface area contributed by atoms with E-state index in [0.29, 0.717) is 12.1 Å². The molecule has 0 saturated carbocycles. The van der Waals surface area contributed by atoms with Crippen LogP contribution in [0, 0.1) is 0 Å². The molecule has 96 valence electrons. The first-order valence-corrected chi connectivity index (χ1v) is 7.61. The highest BCUT2D eigenvalue weighted by Crippen LogP contribution is 2.25. The quantitative estimate of drug-likeness (QED) is 0.874. The van der Waals surface area contributed by atoms with Gasteiger partial charge >= 0.3 is 0 Å². The summed E-state index contributed by atoms with van der Waals surface area (Å²) in [6, 6.07) is 1.13. The van der Waals surface area contributed by atoms with Crippen molar-refractivity contribution in [2.24, 2.45) is 0 Å². The fraction of sp³-hybridized carbons (Fsp3) is 0.769. The van der Waals surface area contributed by atoms with E-state index in [2.05, 4.69) is 34.4 Å². The molecular formula is C13H23N3S. The third kappa shape index (κ3) is 3.27. The summed E-state index contributed by atoms with van der Waals surface area (Å²) in [5.74, 6) is 0. The van der Waals surface area contributed by atoms with E-state index in [1.807, 2.05) is 5.51 Å². The molecule has 2 atom stereocenters. The third-order valence-corrected chi connectivity index (χ3v) is 4.20. The highest BCUT2D eigenvalue weighted by molar-refractivity contribution is 7.07. The van der Waals surface area contributed by atoms with Crippen molar-refractivity contribution in [1.82, 2.24) is 15.2 Å². The normalized spacial score (nSPS) is 22.9. The summed E-state index contributed by atoms with van der Waals surface area (Å²) in [6.45, 7) is 8.04. The second-order valence-electron chi connectivity index (χ2n) is 4.83. The van der Waals surface area contributed by atoms with Gasteiger partial charge in [0.05, 0.1) is 17.2 Å². The Morgan fingerprint density at radius 1 is 1.65 bits per heavy atom. The SMILES string of the molecule is CCCN(C1CCCNC1)C(C)c1cscn1. The molecule has 0 spiro atoms. The number of aromatic nitrogens is 1. The van der Waals surface area contributed by atoms with E-state index in [-0.39, 0.29) is 0 Å². The van der Waals surface area contributed by atoms with Crippen molar-refractivity contribution < 1.29 is 0 Å². The summed E-state index contributed by atoms with van der Waals surface area (Å²) in [5.41, 5.74) is 3.17. The van der Waals surface area contributed by atoms with E-state index in [0.717, 1.165) is 6.54 Å². The molecule has 3 nitrogen and oxygen atoms in total. The molecule has 0 aliphatic carbocycles. The van der Waals surface area contributed by atoms with Crippen LogP contribution in [0.4, 0.5) is 0 Å². The minimum Gasteiger partial charge on any atom is -0.315 e. The van der Waals surface area contributed by atoms with Crippen molar-refractivity contribution in [3.8, 4) is 0 Å². The molecule has 0 amide bonds. The number of thiazole rings is 1. The van der Waals surface area contributed by atoms with Gasteiger partial charge in [0.25, 0.3) is 0 Å². The van der Waals surface area contributed by atoms with E-state index in [4.69, 9.17) is 0 Å². The summed E-state index contributed by atoms with van der Waals surface area (Å²) in [4.78, 5) is 7.10. The van der Waals surface area contributed by atoms with Crippen LogP contribution in [0.5, 0.6) is 0 Å². The minimum atomic E-state index is 0.450. The standard InChI is InChI=1S/C13H23N3S/c1-3-7-16(12-5-4-6-14-8-12)11(2)13-9-17-10-15-13/h9-12,14H,3-8H2,1-2H3. The molecule has 2 rings (SSSR count). The minimum absolute atomic E-state index is 0.450. The zero-order chi connectivity index (χ0) is 12.1. The second kappa shape index (κ2) is 6.47. The Kier molecular flexibility index (Phi) is 4.95. The van der Waals surface area contributed by atoms with Crippen LogP contribution in [0.2, 0.25) is 0 Å². The van der Waals surface area contributed by atoms with Gasteiger partial charge in [0.2, 0.25) is 0 Å². The van der Waals surface area contributed by atoms with Crippen molar-refractivity contribution in [3.05, 3.63) is 16.6 Å². The summed E-state index contributed by atoms with van der Waals surface area (Å²) >= 11 is 1.70. The van der Waals surface area contributed by atoms with Gasteiger partial charge in [0, 0.05) is 18.0 Å². The van der Waals surface area contributed by atoms with Gasteiger partial charge in [-0.05, 0) is 39.3 Å². The molecule has 1 aromatic rings. The maximum absolute atomic E-state index is 4.47. The third-order valence-electron chi connectivity index (χ3n) is 3.60. The summed E-state index contributed by atoms with van der Waals surface area (Å²) in [7, 11) is 0. The van der Waals surface area contributed by atoms with Crippen LogP contribution in [0.25, 0.3) is 0 Å². The van der Waals surface area contributed by atoms with Gasteiger partial charge in [-0.25, -0.2) is 4.98 Å². The molecule has 4 heteroatoms. The molecule has 2 heterocycles. The van der Waals surface area contributed by atoms with Crippen LogP contribution in [-0.2, 0) is 0 Å². The average molecular weight is 253 g/mol. The molecule has 1 saturated heterocycles. The smallest absolute Gasteiger partial charge is 0.0795 e. The Labute approximate surface area is 108 Å². The molecule has 0 bridgehead atoms. The van der Waals surface area contributed by atoms with Gasteiger partial charge in [-0.1, -0.05) is 6.92 Å². The number of nitrogens with one attached hydrogen (secondary N) is 1. The zero-order valence-electron chi connectivity index (χ0n) is 10.9. The highest BCUT2D eigenvalue weighted by atomic mass is 32.1. The van der Waals surface area contributed by atoms with Crippen LogP contribution < -0.4 is 5.32 Å². The van der Waals surface area contributed by atoms with Crippen LogP contribution in [0.1, 0.15) is 44.8 Å². The highest BCUT2D eigenvalue weighted by Gasteiger charge is 2.26. The molecule has 0 radical (unpaired) electrons. The van der Waals surface area contributed by atoms with E-state index in [1.165, 1.54) is 38.0 Å². The lowest BCUT2D eigenvalue weighted by Crippen LogP contribution is -2.47. The Morgan fingerprint density at radius 3 is 3.12 bits per heavy atom. The first-order valence-electron chi connectivity index (χ1n) is 6.67. The van der Waals surface area contributed by atoms with E-state index < -0.39 is 0 Å². The molecule has 17 heavy (non-hydrogen) atoms.